The van der Waals surface area contributed by atoms with Crippen molar-refractivity contribution in [3.63, 3.8) is 0 Å². The molecule has 4 rings (SSSR count). The van der Waals surface area contributed by atoms with Gasteiger partial charge in [-0.1, -0.05) is 18.2 Å². The number of aryl methyl sites for hydroxylation is 3. The molecule has 29 heavy (non-hydrogen) atoms. The van der Waals surface area contributed by atoms with Crippen molar-refractivity contribution >= 4 is 28.7 Å². The van der Waals surface area contributed by atoms with Crippen molar-refractivity contribution < 1.29 is 4.79 Å². The van der Waals surface area contributed by atoms with Crippen molar-refractivity contribution in [3.8, 4) is 5.69 Å². The number of rotatable bonds is 4. The summed E-state index contributed by atoms with van der Waals surface area (Å²) < 4.78 is 3.61. The van der Waals surface area contributed by atoms with Gasteiger partial charge in [-0.3, -0.25) is 9.48 Å². The van der Waals surface area contributed by atoms with Crippen LogP contribution < -0.4 is 5.32 Å². The van der Waals surface area contributed by atoms with Gasteiger partial charge in [-0.15, -0.1) is 0 Å². The average Bonchev–Trinajstić information content (AvgIpc) is 3.16. The summed E-state index contributed by atoms with van der Waals surface area (Å²) in [5.74, 6) is -0.223. The minimum Gasteiger partial charge on any atom is -0.321 e. The minimum absolute atomic E-state index is 0.223. The van der Waals surface area contributed by atoms with Gasteiger partial charge in [-0.2, -0.15) is 10.2 Å². The van der Waals surface area contributed by atoms with Crippen molar-refractivity contribution in [3.05, 3.63) is 71.3 Å². The quantitative estimate of drug-likeness (QED) is 0.542. The van der Waals surface area contributed by atoms with Crippen molar-refractivity contribution in [1.29, 1.82) is 0 Å². The number of fused-ring (bicyclic) bond motifs is 1. The number of hydrogen-bond acceptors (Lipinski definition) is 4. The summed E-state index contributed by atoms with van der Waals surface area (Å²) in [5, 5.41) is 12.7. The van der Waals surface area contributed by atoms with E-state index < -0.39 is 0 Å². The van der Waals surface area contributed by atoms with Gasteiger partial charge in [0, 0.05) is 29.8 Å². The fraction of sp³-hybridized carbons (Fsp3) is 0.182. The monoisotopic (exact) mass is 386 g/mol. The highest BCUT2D eigenvalue weighted by atomic mass is 16.1. The molecular formula is C22H22N6O. The molecule has 0 saturated carbocycles. The SMILES string of the molecule is Cc1nn(-c2ccccc2)c(C)c1/C=C/C(=O)Nc1cnc2c(c1)c(C)nn2C. The normalized spacial score (nSPS) is 11.4. The maximum absolute atomic E-state index is 12.4. The van der Waals surface area contributed by atoms with E-state index in [1.54, 1.807) is 17.0 Å². The van der Waals surface area contributed by atoms with Crippen LogP contribution in [0.1, 0.15) is 22.6 Å². The summed E-state index contributed by atoms with van der Waals surface area (Å²) in [6.45, 7) is 5.85. The van der Waals surface area contributed by atoms with Crippen LogP contribution in [-0.2, 0) is 11.8 Å². The Hall–Kier alpha value is -3.74. The van der Waals surface area contributed by atoms with E-state index in [0.717, 1.165) is 39.4 Å². The van der Waals surface area contributed by atoms with Crippen molar-refractivity contribution in [2.75, 3.05) is 5.32 Å². The van der Waals surface area contributed by atoms with Crippen LogP contribution in [0.15, 0.2) is 48.7 Å². The Bertz CT molecular complexity index is 1230. The van der Waals surface area contributed by atoms with E-state index in [1.165, 1.54) is 6.08 Å². The highest BCUT2D eigenvalue weighted by Gasteiger charge is 2.11. The standard InChI is InChI=1S/C22H22N6O/c1-14-19(16(3)28(26-14)18-8-6-5-7-9-18)10-11-21(29)24-17-12-20-15(2)25-27(4)22(20)23-13-17/h5-13H,1-4H3,(H,24,29)/b11-10+. The van der Waals surface area contributed by atoms with E-state index in [9.17, 15) is 4.79 Å². The fourth-order valence-electron chi connectivity index (χ4n) is 3.44. The molecule has 3 heterocycles. The number of anilines is 1. The lowest BCUT2D eigenvalue weighted by Crippen LogP contribution is -2.08. The van der Waals surface area contributed by atoms with Crippen LogP contribution in [-0.4, -0.2) is 30.5 Å². The van der Waals surface area contributed by atoms with Gasteiger partial charge >= 0.3 is 0 Å². The van der Waals surface area contributed by atoms with Gasteiger partial charge in [0.15, 0.2) is 5.65 Å². The van der Waals surface area contributed by atoms with Gasteiger partial charge in [-0.25, -0.2) is 9.67 Å². The maximum Gasteiger partial charge on any atom is 0.248 e. The summed E-state index contributed by atoms with van der Waals surface area (Å²) >= 11 is 0. The second kappa shape index (κ2) is 7.35. The predicted octanol–water partition coefficient (Wildman–Crippen LogP) is 3.73. The van der Waals surface area contributed by atoms with Crippen LogP contribution in [0.2, 0.25) is 0 Å². The number of carbonyl (C=O) groups is 1. The number of carbonyl (C=O) groups excluding carboxylic acids is 1. The number of hydrogen-bond donors (Lipinski definition) is 1. The first-order chi connectivity index (χ1) is 13.9. The topological polar surface area (TPSA) is 77.6 Å². The lowest BCUT2D eigenvalue weighted by atomic mass is 10.2. The van der Waals surface area contributed by atoms with Gasteiger partial charge in [0.25, 0.3) is 0 Å². The molecule has 0 spiro atoms. The molecule has 0 aliphatic carbocycles. The Morgan fingerprint density at radius 3 is 2.59 bits per heavy atom. The number of benzene rings is 1. The number of aromatic nitrogens is 5. The van der Waals surface area contributed by atoms with E-state index in [0.29, 0.717) is 5.69 Å². The Kier molecular flexibility index (Phi) is 4.72. The minimum atomic E-state index is -0.223. The molecule has 0 aliphatic rings. The second-order valence-electron chi connectivity index (χ2n) is 6.96. The van der Waals surface area contributed by atoms with E-state index in [4.69, 9.17) is 0 Å². The molecule has 0 fully saturated rings. The molecule has 1 N–H and O–H groups in total. The molecule has 0 saturated heterocycles. The van der Waals surface area contributed by atoms with E-state index in [-0.39, 0.29) is 5.91 Å². The van der Waals surface area contributed by atoms with Crippen LogP contribution in [0.4, 0.5) is 5.69 Å². The summed E-state index contributed by atoms with van der Waals surface area (Å²) in [5.41, 5.74) is 6.06. The van der Waals surface area contributed by atoms with Gasteiger partial charge in [-0.05, 0) is 45.0 Å². The van der Waals surface area contributed by atoms with Crippen molar-refractivity contribution in [2.45, 2.75) is 20.8 Å². The molecule has 0 bridgehead atoms. The zero-order valence-corrected chi connectivity index (χ0v) is 16.8. The smallest absolute Gasteiger partial charge is 0.248 e. The first kappa shape index (κ1) is 18.6. The van der Waals surface area contributed by atoms with Gasteiger partial charge in [0.05, 0.1) is 29.0 Å². The highest BCUT2D eigenvalue weighted by molar-refractivity contribution is 6.02. The van der Waals surface area contributed by atoms with E-state index >= 15 is 0 Å². The molecule has 4 aromatic rings. The zero-order valence-electron chi connectivity index (χ0n) is 16.8. The highest BCUT2D eigenvalue weighted by Crippen LogP contribution is 2.21. The molecule has 0 radical (unpaired) electrons. The zero-order chi connectivity index (χ0) is 20.5. The molecule has 0 unspecified atom stereocenters. The van der Waals surface area contributed by atoms with Crippen LogP contribution >= 0.6 is 0 Å². The molecule has 1 amide bonds. The van der Waals surface area contributed by atoms with Crippen LogP contribution in [0.5, 0.6) is 0 Å². The number of nitrogens with one attached hydrogen (secondary N) is 1. The first-order valence-electron chi connectivity index (χ1n) is 9.34. The lowest BCUT2D eigenvalue weighted by Gasteiger charge is -2.04. The number of nitrogens with zero attached hydrogens (tertiary/aromatic N) is 5. The molecule has 0 atom stereocenters. The number of amides is 1. The number of pyridine rings is 1. The summed E-state index contributed by atoms with van der Waals surface area (Å²) in [4.78, 5) is 16.8. The molecule has 146 valence electrons. The Morgan fingerprint density at radius 1 is 1.07 bits per heavy atom. The van der Waals surface area contributed by atoms with Gasteiger partial charge in [0.2, 0.25) is 5.91 Å². The third-order valence-electron chi connectivity index (χ3n) is 4.88. The summed E-state index contributed by atoms with van der Waals surface area (Å²) in [6.07, 6.45) is 4.96. The summed E-state index contributed by atoms with van der Waals surface area (Å²) in [7, 11) is 1.85. The maximum atomic E-state index is 12.4. The fourth-order valence-corrected chi connectivity index (χ4v) is 3.44. The van der Waals surface area contributed by atoms with Crippen LogP contribution in [0.25, 0.3) is 22.8 Å². The molecule has 0 aliphatic heterocycles. The average molecular weight is 386 g/mol. The Balaban J connectivity index is 1.55. The van der Waals surface area contributed by atoms with Gasteiger partial charge in [0.1, 0.15) is 0 Å². The molecule has 1 aromatic carbocycles. The number of para-hydroxylation sites is 1. The largest absolute Gasteiger partial charge is 0.321 e. The molecule has 7 nitrogen and oxygen atoms in total. The predicted molar refractivity (Wildman–Crippen MR) is 114 cm³/mol. The van der Waals surface area contributed by atoms with Crippen LogP contribution in [0, 0.1) is 20.8 Å². The van der Waals surface area contributed by atoms with Crippen LogP contribution in [0.3, 0.4) is 0 Å². The van der Waals surface area contributed by atoms with Crippen molar-refractivity contribution in [2.24, 2.45) is 7.05 Å². The Labute approximate surface area is 168 Å². The van der Waals surface area contributed by atoms with Crippen molar-refractivity contribution in [1.82, 2.24) is 24.5 Å². The van der Waals surface area contributed by atoms with Gasteiger partial charge < -0.3 is 5.32 Å². The molecule has 7 heteroatoms. The third kappa shape index (κ3) is 3.54. The molecule has 3 aromatic heterocycles. The van der Waals surface area contributed by atoms with E-state index in [1.807, 2.05) is 68.9 Å². The molecular weight excluding hydrogens is 364 g/mol. The lowest BCUT2D eigenvalue weighted by molar-refractivity contribution is -0.111. The first-order valence-corrected chi connectivity index (χ1v) is 9.34. The second-order valence-corrected chi connectivity index (χ2v) is 6.96. The summed E-state index contributed by atoms with van der Waals surface area (Å²) in [6, 6.07) is 11.8. The Morgan fingerprint density at radius 2 is 1.83 bits per heavy atom. The third-order valence-corrected chi connectivity index (χ3v) is 4.88. The van der Waals surface area contributed by atoms with E-state index in [2.05, 4.69) is 20.5 Å².